The van der Waals surface area contributed by atoms with Crippen molar-refractivity contribution in [1.82, 2.24) is 20.3 Å². The van der Waals surface area contributed by atoms with Crippen molar-refractivity contribution in [3.63, 3.8) is 0 Å². The Kier molecular flexibility index (Phi) is 3.69. The smallest absolute Gasteiger partial charge is 0.0964 e. The van der Waals surface area contributed by atoms with Gasteiger partial charge in [0.05, 0.1) is 12.2 Å². The highest BCUT2D eigenvalue weighted by atomic mass is 32.2. The summed E-state index contributed by atoms with van der Waals surface area (Å²) in [6.07, 6.45) is 6.00. The van der Waals surface area contributed by atoms with Crippen LogP contribution in [0.25, 0.3) is 0 Å². The molecule has 1 atom stereocenters. The van der Waals surface area contributed by atoms with Crippen molar-refractivity contribution in [1.29, 1.82) is 0 Å². The van der Waals surface area contributed by atoms with E-state index in [1.165, 1.54) is 23.3 Å². The summed E-state index contributed by atoms with van der Waals surface area (Å²) in [4.78, 5) is 1.42. The Labute approximate surface area is 129 Å². The highest BCUT2D eigenvalue weighted by Gasteiger charge is 2.23. The fraction of sp³-hybridized carbons (Fsp3) is 0.500. The summed E-state index contributed by atoms with van der Waals surface area (Å²) in [5.41, 5.74) is 2.52. The molecule has 1 aromatic carbocycles. The minimum absolute atomic E-state index is 0.580. The van der Waals surface area contributed by atoms with E-state index in [1.54, 1.807) is 0 Å². The quantitative estimate of drug-likeness (QED) is 0.890. The second-order valence-corrected chi connectivity index (χ2v) is 7.40. The van der Waals surface area contributed by atoms with Crippen LogP contribution in [0.15, 0.2) is 35.4 Å². The Hall–Kier alpha value is -1.33. The lowest BCUT2D eigenvalue weighted by Gasteiger charge is -2.07. The molecular formula is C16H20N4S. The molecule has 0 saturated heterocycles. The van der Waals surface area contributed by atoms with E-state index in [4.69, 9.17) is 0 Å². The molecule has 4 nitrogen and oxygen atoms in total. The van der Waals surface area contributed by atoms with Crippen molar-refractivity contribution >= 4 is 11.8 Å². The highest BCUT2D eigenvalue weighted by molar-refractivity contribution is 8.00. The lowest BCUT2D eigenvalue weighted by atomic mass is 10.1. The molecule has 1 aliphatic carbocycles. The summed E-state index contributed by atoms with van der Waals surface area (Å²) >= 11 is 1.97. The van der Waals surface area contributed by atoms with Gasteiger partial charge in [0, 0.05) is 22.9 Å². The van der Waals surface area contributed by atoms with Gasteiger partial charge < -0.3 is 5.32 Å². The first-order valence-corrected chi connectivity index (χ1v) is 8.59. The Morgan fingerprint density at radius 2 is 2.19 bits per heavy atom. The summed E-state index contributed by atoms with van der Waals surface area (Å²) < 4.78 is 2.00. The van der Waals surface area contributed by atoms with Gasteiger partial charge in [0.1, 0.15) is 0 Å². The second kappa shape index (κ2) is 5.81. The second-order valence-electron chi connectivity index (χ2n) is 6.06. The standard InChI is InChI=1S/C16H20N4S/c1-2-4-16-13(3-1)7-15(21-16)11-20-10-14(18-19-20)9-17-8-12-5-6-12/h1-4,10,12,15,17H,5-9,11H2. The van der Waals surface area contributed by atoms with E-state index in [-0.39, 0.29) is 0 Å². The molecule has 2 aliphatic rings. The van der Waals surface area contributed by atoms with Gasteiger partial charge in [0.25, 0.3) is 0 Å². The van der Waals surface area contributed by atoms with Crippen LogP contribution in [-0.4, -0.2) is 26.8 Å². The van der Waals surface area contributed by atoms with Gasteiger partial charge in [-0.05, 0) is 43.4 Å². The summed E-state index contributed by atoms with van der Waals surface area (Å²) in [6, 6.07) is 8.69. The first kappa shape index (κ1) is 13.3. The minimum Gasteiger partial charge on any atom is -0.311 e. The summed E-state index contributed by atoms with van der Waals surface area (Å²) in [6.45, 7) is 2.91. The van der Waals surface area contributed by atoms with Crippen molar-refractivity contribution in [3.05, 3.63) is 41.7 Å². The van der Waals surface area contributed by atoms with Gasteiger partial charge in [0.2, 0.25) is 0 Å². The van der Waals surface area contributed by atoms with Gasteiger partial charge in [-0.2, -0.15) is 0 Å². The number of hydrogen-bond acceptors (Lipinski definition) is 4. The van der Waals surface area contributed by atoms with Crippen molar-refractivity contribution in [2.24, 2.45) is 5.92 Å². The van der Waals surface area contributed by atoms with Gasteiger partial charge in [0.15, 0.2) is 0 Å². The maximum absolute atomic E-state index is 4.27. The first-order valence-electron chi connectivity index (χ1n) is 7.71. The number of fused-ring (bicyclic) bond motifs is 1. The van der Waals surface area contributed by atoms with Crippen LogP contribution in [0.4, 0.5) is 0 Å². The zero-order valence-electron chi connectivity index (χ0n) is 12.0. The average molecular weight is 300 g/mol. The van der Waals surface area contributed by atoms with Gasteiger partial charge in [-0.3, -0.25) is 4.68 Å². The molecule has 2 aromatic rings. The molecule has 110 valence electrons. The predicted octanol–water partition coefficient (Wildman–Crippen LogP) is 2.49. The third-order valence-electron chi connectivity index (χ3n) is 4.13. The molecule has 1 saturated carbocycles. The van der Waals surface area contributed by atoms with E-state index < -0.39 is 0 Å². The van der Waals surface area contributed by atoms with Crippen LogP contribution in [-0.2, 0) is 19.5 Å². The number of nitrogens with zero attached hydrogens (tertiary/aromatic N) is 3. The number of thioether (sulfide) groups is 1. The summed E-state index contributed by atoms with van der Waals surface area (Å²) in [7, 11) is 0. The number of rotatable bonds is 6. The van der Waals surface area contributed by atoms with E-state index in [9.17, 15) is 0 Å². The van der Waals surface area contributed by atoms with Crippen LogP contribution in [0.1, 0.15) is 24.1 Å². The average Bonchev–Trinajstić information content (AvgIpc) is 3.06. The number of hydrogen-bond donors (Lipinski definition) is 1. The Morgan fingerprint density at radius 1 is 1.29 bits per heavy atom. The largest absolute Gasteiger partial charge is 0.311 e. The zero-order chi connectivity index (χ0) is 14.1. The van der Waals surface area contributed by atoms with E-state index in [1.807, 2.05) is 16.4 Å². The normalized spacial score (nSPS) is 20.7. The van der Waals surface area contributed by atoms with Crippen molar-refractivity contribution < 1.29 is 0 Å². The van der Waals surface area contributed by atoms with Gasteiger partial charge in [-0.25, -0.2) is 0 Å². The highest BCUT2D eigenvalue weighted by Crippen LogP contribution is 2.37. The molecule has 0 radical (unpaired) electrons. The van der Waals surface area contributed by atoms with Crippen molar-refractivity contribution in [2.45, 2.75) is 42.5 Å². The fourth-order valence-corrected chi connectivity index (χ4v) is 4.11. The molecule has 2 heterocycles. The van der Waals surface area contributed by atoms with Crippen LogP contribution < -0.4 is 5.32 Å². The number of aromatic nitrogens is 3. The van der Waals surface area contributed by atoms with E-state index in [2.05, 4.69) is 46.1 Å². The third kappa shape index (κ3) is 3.30. The lowest BCUT2D eigenvalue weighted by Crippen LogP contribution is -2.16. The molecule has 0 spiro atoms. The molecule has 1 aliphatic heterocycles. The molecule has 0 amide bonds. The summed E-state index contributed by atoms with van der Waals surface area (Å²) in [5, 5.41) is 12.6. The molecule has 4 rings (SSSR count). The molecule has 1 aromatic heterocycles. The van der Waals surface area contributed by atoms with Crippen LogP contribution in [0.5, 0.6) is 0 Å². The topological polar surface area (TPSA) is 42.7 Å². The molecule has 1 unspecified atom stereocenters. The maximum Gasteiger partial charge on any atom is 0.0964 e. The fourth-order valence-electron chi connectivity index (χ4n) is 2.80. The molecule has 1 N–H and O–H groups in total. The molecule has 1 fully saturated rings. The van der Waals surface area contributed by atoms with Gasteiger partial charge >= 0.3 is 0 Å². The van der Waals surface area contributed by atoms with Crippen molar-refractivity contribution in [3.8, 4) is 0 Å². The predicted molar refractivity (Wildman–Crippen MR) is 84.2 cm³/mol. The lowest BCUT2D eigenvalue weighted by molar-refractivity contribution is 0.572. The molecule has 5 heteroatoms. The van der Waals surface area contributed by atoms with E-state index >= 15 is 0 Å². The van der Waals surface area contributed by atoms with Crippen LogP contribution in [0, 0.1) is 5.92 Å². The van der Waals surface area contributed by atoms with Crippen LogP contribution in [0.2, 0.25) is 0 Å². The Balaban J connectivity index is 1.30. The zero-order valence-corrected chi connectivity index (χ0v) is 12.9. The monoisotopic (exact) mass is 300 g/mol. The van der Waals surface area contributed by atoms with Gasteiger partial charge in [-0.15, -0.1) is 16.9 Å². The minimum atomic E-state index is 0.580. The Bertz CT molecular complexity index is 595. The summed E-state index contributed by atoms with van der Waals surface area (Å²) in [5.74, 6) is 0.911. The Morgan fingerprint density at radius 3 is 3.05 bits per heavy atom. The number of benzene rings is 1. The van der Waals surface area contributed by atoms with Crippen LogP contribution >= 0.6 is 11.8 Å². The van der Waals surface area contributed by atoms with Crippen LogP contribution in [0.3, 0.4) is 0 Å². The van der Waals surface area contributed by atoms with Crippen molar-refractivity contribution in [2.75, 3.05) is 6.54 Å². The van der Waals surface area contributed by atoms with E-state index in [0.717, 1.165) is 37.7 Å². The molecule has 21 heavy (non-hydrogen) atoms. The SMILES string of the molecule is c1ccc2c(c1)CC(Cn1cc(CNCC3CC3)nn1)S2. The maximum atomic E-state index is 4.27. The molecular weight excluding hydrogens is 280 g/mol. The molecule has 0 bridgehead atoms. The first-order chi connectivity index (χ1) is 10.4. The number of nitrogens with one attached hydrogen (secondary N) is 1. The van der Waals surface area contributed by atoms with E-state index in [0.29, 0.717) is 5.25 Å². The van der Waals surface area contributed by atoms with Gasteiger partial charge in [-0.1, -0.05) is 23.4 Å². The third-order valence-corrected chi connectivity index (χ3v) is 5.43.